The zero-order valence-electron chi connectivity index (χ0n) is 24.1. The minimum absolute atomic E-state index is 0.0210. The Labute approximate surface area is 245 Å². The zero-order chi connectivity index (χ0) is 30.1. The molecule has 42 heavy (non-hydrogen) atoms. The molecule has 0 aliphatic carbocycles. The van der Waals surface area contributed by atoms with Crippen LogP contribution in [0.3, 0.4) is 0 Å². The average molecular weight is 573 g/mol. The Hall–Kier alpha value is -4.69. The Morgan fingerprint density at radius 1 is 1.02 bits per heavy atom. The average Bonchev–Trinajstić information content (AvgIpc) is 2.96. The van der Waals surface area contributed by atoms with Crippen molar-refractivity contribution in [3.63, 3.8) is 0 Å². The van der Waals surface area contributed by atoms with E-state index in [9.17, 15) is 14.7 Å². The molecule has 4 rings (SSSR count). The lowest BCUT2D eigenvalue weighted by atomic mass is 9.88. The molecule has 2 atom stereocenters. The van der Waals surface area contributed by atoms with Crippen LogP contribution in [0.25, 0.3) is 10.4 Å². The van der Waals surface area contributed by atoms with Gasteiger partial charge < -0.3 is 24.2 Å². The molecule has 0 unspecified atom stereocenters. The van der Waals surface area contributed by atoms with E-state index < -0.39 is 29.7 Å². The summed E-state index contributed by atoms with van der Waals surface area (Å²) in [5, 5.41) is 13.1. The molecule has 220 valence electrons. The standard InChI is InChI=1S/C32H36N4O6/c1-32(2,3)42-31(39)36-17-16-24-18-25(40-20-22-10-6-4-7-11-22)19-28(41-21-23-12-8-5-9-13-23)29(24)27(36)15-14-26(30(37)38)34-35-33/h4-13,18-19,26-27H,14-17,20-21H2,1-3H3,(H,37,38)/t26-,27-/m0/s1. The quantitative estimate of drug-likeness (QED) is 0.146. The van der Waals surface area contributed by atoms with Gasteiger partial charge in [0.05, 0.1) is 6.04 Å². The van der Waals surface area contributed by atoms with Gasteiger partial charge in [0.1, 0.15) is 36.4 Å². The number of fused-ring (bicyclic) bond motifs is 1. The van der Waals surface area contributed by atoms with Crippen LogP contribution in [0, 0.1) is 0 Å². The Balaban J connectivity index is 1.73. The highest BCUT2D eigenvalue weighted by Gasteiger charge is 2.37. The lowest BCUT2D eigenvalue weighted by molar-refractivity contribution is -0.138. The van der Waals surface area contributed by atoms with E-state index in [4.69, 9.17) is 19.7 Å². The number of ether oxygens (including phenoxy) is 3. The van der Waals surface area contributed by atoms with Crippen LogP contribution in [0.15, 0.2) is 77.9 Å². The third kappa shape index (κ3) is 8.17. The summed E-state index contributed by atoms with van der Waals surface area (Å²) >= 11 is 0. The molecule has 10 heteroatoms. The Morgan fingerprint density at radius 3 is 2.21 bits per heavy atom. The van der Waals surface area contributed by atoms with Gasteiger partial charge >= 0.3 is 12.1 Å². The summed E-state index contributed by atoms with van der Waals surface area (Å²) in [6.45, 7) is 6.40. The van der Waals surface area contributed by atoms with E-state index in [1.165, 1.54) is 0 Å². The van der Waals surface area contributed by atoms with Gasteiger partial charge in [-0.05, 0) is 68.3 Å². The lowest BCUT2D eigenvalue weighted by Gasteiger charge is -2.39. The summed E-state index contributed by atoms with van der Waals surface area (Å²) in [5.41, 5.74) is 11.9. The van der Waals surface area contributed by atoms with Gasteiger partial charge in [-0.15, -0.1) is 0 Å². The maximum absolute atomic E-state index is 13.4. The molecule has 0 spiro atoms. The first-order chi connectivity index (χ1) is 20.1. The first-order valence-corrected chi connectivity index (χ1v) is 13.9. The van der Waals surface area contributed by atoms with Crippen molar-refractivity contribution in [3.05, 3.63) is 105 Å². The molecule has 1 amide bonds. The highest BCUT2D eigenvalue weighted by atomic mass is 16.6. The first-order valence-electron chi connectivity index (χ1n) is 13.9. The molecular formula is C32H36N4O6. The van der Waals surface area contributed by atoms with Crippen LogP contribution in [-0.4, -0.2) is 40.3 Å². The minimum atomic E-state index is -1.27. The number of aliphatic carboxylic acids is 1. The molecule has 1 N–H and O–H groups in total. The van der Waals surface area contributed by atoms with Gasteiger partial charge in [0.15, 0.2) is 0 Å². The van der Waals surface area contributed by atoms with Gasteiger partial charge in [-0.2, -0.15) is 0 Å². The fraction of sp³-hybridized carbons (Fsp3) is 0.375. The van der Waals surface area contributed by atoms with Crippen molar-refractivity contribution in [2.24, 2.45) is 5.11 Å². The molecule has 3 aromatic rings. The summed E-state index contributed by atoms with van der Waals surface area (Å²) < 4.78 is 18.3. The van der Waals surface area contributed by atoms with Gasteiger partial charge in [-0.1, -0.05) is 65.8 Å². The van der Waals surface area contributed by atoms with Gasteiger partial charge in [0.25, 0.3) is 0 Å². The van der Waals surface area contributed by atoms with Crippen LogP contribution in [0.1, 0.15) is 61.9 Å². The highest BCUT2D eigenvalue weighted by molar-refractivity contribution is 5.73. The SMILES string of the molecule is CC(C)(C)OC(=O)N1CCc2cc(OCc3ccccc3)cc(OCc3ccccc3)c2[C@@H]1CC[C@H](N=[N+]=[N-])C(=O)O. The molecule has 1 aliphatic rings. The van der Waals surface area contributed by atoms with Crippen LogP contribution in [0.5, 0.6) is 11.5 Å². The van der Waals surface area contributed by atoms with Gasteiger partial charge in [-0.3, -0.25) is 4.79 Å². The summed E-state index contributed by atoms with van der Waals surface area (Å²) in [6, 6.07) is 21.5. The second-order valence-corrected chi connectivity index (χ2v) is 11.1. The van der Waals surface area contributed by atoms with E-state index in [0.29, 0.717) is 31.1 Å². The number of azide groups is 1. The van der Waals surface area contributed by atoms with Gasteiger partial charge in [0, 0.05) is 23.1 Å². The zero-order valence-corrected chi connectivity index (χ0v) is 24.1. The van der Waals surface area contributed by atoms with Crippen molar-refractivity contribution in [1.82, 2.24) is 4.90 Å². The first kappa shape index (κ1) is 30.3. The number of carboxylic acids is 1. The van der Waals surface area contributed by atoms with Crippen LogP contribution >= 0.6 is 0 Å². The third-order valence-corrected chi connectivity index (χ3v) is 6.84. The predicted molar refractivity (Wildman–Crippen MR) is 157 cm³/mol. The van der Waals surface area contributed by atoms with Crippen molar-refractivity contribution in [2.75, 3.05) is 6.54 Å². The molecule has 3 aromatic carbocycles. The normalized spacial score (nSPS) is 15.1. The monoisotopic (exact) mass is 572 g/mol. The Kier molecular flexibility index (Phi) is 9.93. The van der Waals surface area contributed by atoms with Gasteiger partial charge in [-0.25, -0.2) is 4.79 Å². The molecule has 0 bridgehead atoms. The van der Waals surface area contributed by atoms with Gasteiger partial charge in [0.2, 0.25) is 0 Å². The Morgan fingerprint density at radius 2 is 1.64 bits per heavy atom. The number of carboxylic acid groups (broad SMARTS) is 1. The van der Waals surface area contributed by atoms with Crippen molar-refractivity contribution in [2.45, 2.75) is 70.9 Å². The van der Waals surface area contributed by atoms with Crippen molar-refractivity contribution in [3.8, 4) is 11.5 Å². The smallest absolute Gasteiger partial charge is 0.410 e. The second-order valence-electron chi connectivity index (χ2n) is 11.1. The molecular weight excluding hydrogens is 536 g/mol. The highest BCUT2D eigenvalue weighted by Crippen LogP contribution is 2.43. The number of hydrogen-bond donors (Lipinski definition) is 1. The Bertz CT molecular complexity index is 1420. The van der Waals surface area contributed by atoms with Crippen molar-refractivity contribution in [1.29, 1.82) is 0 Å². The van der Waals surface area contributed by atoms with Crippen LogP contribution in [-0.2, 0) is 29.2 Å². The number of benzene rings is 3. The van der Waals surface area contributed by atoms with Crippen LogP contribution < -0.4 is 9.47 Å². The number of carbonyl (C=O) groups is 2. The maximum atomic E-state index is 13.4. The number of hydrogen-bond acceptors (Lipinski definition) is 6. The fourth-order valence-corrected chi connectivity index (χ4v) is 4.92. The summed E-state index contributed by atoms with van der Waals surface area (Å²) in [7, 11) is 0. The van der Waals surface area contributed by atoms with Crippen LogP contribution in [0.4, 0.5) is 4.79 Å². The predicted octanol–water partition coefficient (Wildman–Crippen LogP) is 7.22. The molecule has 1 aliphatic heterocycles. The van der Waals surface area contributed by atoms with E-state index >= 15 is 0 Å². The van der Waals surface area contributed by atoms with E-state index in [1.807, 2.05) is 72.8 Å². The summed E-state index contributed by atoms with van der Waals surface area (Å²) in [4.78, 5) is 29.5. The summed E-state index contributed by atoms with van der Waals surface area (Å²) in [5.74, 6) is -0.0613. The van der Waals surface area contributed by atoms with Crippen LogP contribution in [0.2, 0.25) is 0 Å². The lowest BCUT2D eigenvalue weighted by Crippen LogP contribution is -2.43. The largest absolute Gasteiger partial charge is 0.489 e. The second kappa shape index (κ2) is 13.8. The van der Waals surface area contributed by atoms with Crippen molar-refractivity contribution < 1.29 is 28.9 Å². The number of rotatable bonds is 11. The summed E-state index contributed by atoms with van der Waals surface area (Å²) in [6.07, 6.45) is 0.252. The topological polar surface area (TPSA) is 134 Å². The van der Waals surface area contributed by atoms with E-state index in [1.54, 1.807) is 25.7 Å². The van der Waals surface area contributed by atoms with E-state index in [0.717, 1.165) is 22.3 Å². The van der Waals surface area contributed by atoms with Crippen molar-refractivity contribution >= 4 is 12.1 Å². The third-order valence-electron chi connectivity index (χ3n) is 6.84. The molecule has 0 radical (unpaired) electrons. The number of carbonyl (C=O) groups excluding carboxylic acids is 1. The molecule has 10 nitrogen and oxygen atoms in total. The number of amides is 1. The number of nitrogens with zero attached hydrogens (tertiary/aromatic N) is 4. The van der Waals surface area contributed by atoms with E-state index in [2.05, 4.69) is 10.0 Å². The molecule has 0 aromatic heterocycles. The molecule has 0 saturated heterocycles. The maximum Gasteiger partial charge on any atom is 0.410 e. The fourth-order valence-electron chi connectivity index (χ4n) is 4.92. The molecule has 0 saturated carbocycles. The molecule has 1 heterocycles. The minimum Gasteiger partial charge on any atom is -0.489 e. The van der Waals surface area contributed by atoms with E-state index in [-0.39, 0.29) is 19.4 Å². The molecule has 0 fully saturated rings.